The van der Waals surface area contributed by atoms with Gasteiger partial charge in [0.05, 0.1) is 0 Å². The van der Waals surface area contributed by atoms with Gasteiger partial charge in [-0.1, -0.05) is 25.1 Å². The van der Waals surface area contributed by atoms with Gasteiger partial charge in [0.1, 0.15) is 0 Å². The van der Waals surface area contributed by atoms with Crippen molar-refractivity contribution in [2.45, 2.75) is 39.8 Å². The second kappa shape index (κ2) is 4.86. The van der Waals surface area contributed by atoms with Gasteiger partial charge in [0, 0.05) is 29.7 Å². The molecule has 1 fully saturated rings. The number of hydrogen-bond donors (Lipinski definition) is 1. The second-order valence-electron chi connectivity index (χ2n) is 5.77. The van der Waals surface area contributed by atoms with Gasteiger partial charge in [0.15, 0.2) is 0 Å². The highest BCUT2D eigenvalue weighted by atomic mass is 15.0. The maximum atomic E-state index is 3.64. The van der Waals surface area contributed by atoms with Crippen LogP contribution in [-0.2, 0) is 6.54 Å². The zero-order chi connectivity index (χ0) is 13.4. The first kappa shape index (κ1) is 12.5. The largest absolute Gasteiger partial charge is 0.318 e. The molecule has 0 saturated heterocycles. The molecule has 1 heterocycles. The summed E-state index contributed by atoms with van der Waals surface area (Å²) in [6, 6.07) is 13.6. The maximum Gasteiger partial charge on any atom is 0.0455 e. The molecule has 2 heteroatoms. The summed E-state index contributed by atoms with van der Waals surface area (Å²) < 4.78 is 2.34. The summed E-state index contributed by atoms with van der Waals surface area (Å²) in [5, 5.41) is 3.64. The lowest BCUT2D eigenvalue weighted by molar-refractivity contribution is 0.650. The summed E-state index contributed by atoms with van der Waals surface area (Å²) >= 11 is 0. The number of benzene rings is 1. The molecular formula is C17H22N2. The van der Waals surface area contributed by atoms with Gasteiger partial charge in [-0.3, -0.25) is 0 Å². The molecule has 0 aliphatic heterocycles. The van der Waals surface area contributed by atoms with Crippen molar-refractivity contribution in [3.05, 3.63) is 53.3 Å². The SMILES string of the molecule is Cc1cc(CNC2CC2C)c(C)n1-c1ccccc1. The topological polar surface area (TPSA) is 17.0 Å². The summed E-state index contributed by atoms with van der Waals surface area (Å²) in [5.74, 6) is 0.859. The molecule has 1 aliphatic carbocycles. The number of nitrogens with zero attached hydrogens (tertiary/aromatic N) is 1. The van der Waals surface area contributed by atoms with Gasteiger partial charge in [-0.05, 0) is 49.9 Å². The van der Waals surface area contributed by atoms with Gasteiger partial charge < -0.3 is 9.88 Å². The van der Waals surface area contributed by atoms with E-state index in [4.69, 9.17) is 0 Å². The molecular weight excluding hydrogens is 232 g/mol. The highest BCUT2D eigenvalue weighted by molar-refractivity contribution is 5.40. The van der Waals surface area contributed by atoms with E-state index in [1.807, 2.05) is 0 Å². The van der Waals surface area contributed by atoms with E-state index in [0.717, 1.165) is 18.5 Å². The minimum absolute atomic E-state index is 0.736. The van der Waals surface area contributed by atoms with E-state index in [1.54, 1.807) is 0 Å². The lowest BCUT2D eigenvalue weighted by Crippen LogP contribution is -2.17. The van der Waals surface area contributed by atoms with E-state index in [0.29, 0.717) is 0 Å². The van der Waals surface area contributed by atoms with Gasteiger partial charge in [0.25, 0.3) is 0 Å². The first-order valence-electron chi connectivity index (χ1n) is 7.13. The van der Waals surface area contributed by atoms with Crippen molar-refractivity contribution in [1.82, 2.24) is 9.88 Å². The van der Waals surface area contributed by atoms with Gasteiger partial charge in [-0.25, -0.2) is 0 Å². The van der Waals surface area contributed by atoms with E-state index in [9.17, 15) is 0 Å². The number of aryl methyl sites for hydroxylation is 1. The summed E-state index contributed by atoms with van der Waals surface area (Å²) in [6.45, 7) is 7.70. The number of aromatic nitrogens is 1. The molecule has 3 rings (SSSR count). The third-order valence-electron chi connectivity index (χ3n) is 4.21. The van der Waals surface area contributed by atoms with Gasteiger partial charge in [-0.15, -0.1) is 0 Å². The molecule has 1 saturated carbocycles. The van der Waals surface area contributed by atoms with E-state index in [-0.39, 0.29) is 0 Å². The molecule has 1 aromatic carbocycles. The fourth-order valence-corrected chi connectivity index (χ4v) is 2.83. The molecule has 0 radical (unpaired) electrons. The number of para-hydroxylation sites is 1. The van der Waals surface area contributed by atoms with Gasteiger partial charge in [0.2, 0.25) is 0 Å². The molecule has 19 heavy (non-hydrogen) atoms. The zero-order valence-electron chi connectivity index (χ0n) is 12.0. The molecule has 1 aromatic heterocycles. The second-order valence-corrected chi connectivity index (χ2v) is 5.77. The summed E-state index contributed by atoms with van der Waals surface area (Å²) in [4.78, 5) is 0. The third-order valence-corrected chi connectivity index (χ3v) is 4.21. The molecule has 2 atom stereocenters. The average Bonchev–Trinajstić information content (AvgIpc) is 3.03. The molecule has 2 nitrogen and oxygen atoms in total. The Morgan fingerprint density at radius 3 is 2.53 bits per heavy atom. The van der Waals surface area contributed by atoms with Crippen molar-refractivity contribution in [3.63, 3.8) is 0 Å². The van der Waals surface area contributed by atoms with E-state index in [2.05, 4.69) is 67.1 Å². The van der Waals surface area contributed by atoms with Crippen LogP contribution >= 0.6 is 0 Å². The Hall–Kier alpha value is -1.54. The third kappa shape index (κ3) is 2.45. The van der Waals surface area contributed by atoms with Crippen LogP contribution in [0.15, 0.2) is 36.4 Å². The predicted octanol–water partition coefficient (Wildman–Crippen LogP) is 3.59. The predicted molar refractivity (Wildman–Crippen MR) is 79.7 cm³/mol. The van der Waals surface area contributed by atoms with Crippen LogP contribution in [0.1, 0.15) is 30.3 Å². The molecule has 0 amide bonds. The molecule has 2 aromatic rings. The number of rotatable bonds is 4. The molecule has 100 valence electrons. The molecule has 0 bridgehead atoms. The zero-order valence-corrected chi connectivity index (χ0v) is 12.0. The van der Waals surface area contributed by atoms with Gasteiger partial charge >= 0.3 is 0 Å². The number of nitrogens with one attached hydrogen (secondary N) is 1. The molecule has 1 N–H and O–H groups in total. The van der Waals surface area contributed by atoms with Crippen molar-refractivity contribution >= 4 is 0 Å². The first-order valence-corrected chi connectivity index (χ1v) is 7.13. The minimum atomic E-state index is 0.736. The molecule has 0 spiro atoms. The Morgan fingerprint density at radius 2 is 1.89 bits per heavy atom. The Labute approximate surface area is 115 Å². The van der Waals surface area contributed by atoms with E-state index < -0.39 is 0 Å². The van der Waals surface area contributed by atoms with Crippen molar-refractivity contribution in [2.75, 3.05) is 0 Å². The quantitative estimate of drug-likeness (QED) is 0.882. The highest BCUT2D eigenvalue weighted by Gasteiger charge is 2.31. The summed E-state index contributed by atoms with van der Waals surface area (Å²) in [6.07, 6.45) is 1.33. The standard InChI is InChI=1S/C17H22N2/c1-12-9-17(12)18-11-15-10-13(2)19(14(15)3)16-7-5-4-6-8-16/h4-8,10,12,17-18H,9,11H2,1-3H3. The van der Waals surface area contributed by atoms with Crippen LogP contribution in [0.3, 0.4) is 0 Å². The fraction of sp³-hybridized carbons (Fsp3) is 0.412. The lowest BCUT2D eigenvalue weighted by atomic mass is 10.2. The van der Waals surface area contributed by atoms with Crippen LogP contribution in [0.4, 0.5) is 0 Å². The monoisotopic (exact) mass is 254 g/mol. The average molecular weight is 254 g/mol. The van der Waals surface area contributed by atoms with Crippen LogP contribution in [0.2, 0.25) is 0 Å². The Balaban J connectivity index is 1.83. The Morgan fingerprint density at radius 1 is 1.21 bits per heavy atom. The van der Waals surface area contributed by atoms with Crippen molar-refractivity contribution in [1.29, 1.82) is 0 Å². The summed E-state index contributed by atoms with van der Waals surface area (Å²) in [7, 11) is 0. The van der Waals surface area contributed by atoms with Crippen LogP contribution in [-0.4, -0.2) is 10.6 Å². The number of hydrogen-bond acceptors (Lipinski definition) is 1. The maximum absolute atomic E-state index is 3.64. The lowest BCUT2D eigenvalue weighted by Gasteiger charge is -2.10. The highest BCUT2D eigenvalue weighted by Crippen LogP contribution is 2.30. The smallest absolute Gasteiger partial charge is 0.0455 e. The fourth-order valence-electron chi connectivity index (χ4n) is 2.83. The Kier molecular flexibility index (Phi) is 3.19. The normalized spacial score (nSPS) is 21.6. The van der Waals surface area contributed by atoms with Gasteiger partial charge in [-0.2, -0.15) is 0 Å². The van der Waals surface area contributed by atoms with E-state index in [1.165, 1.54) is 29.1 Å². The van der Waals surface area contributed by atoms with E-state index >= 15 is 0 Å². The van der Waals surface area contributed by atoms with Crippen LogP contribution in [0.5, 0.6) is 0 Å². The van der Waals surface area contributed by atoms with Crippen molar-refractivity contribution < 1.29 is 0 Å². The van der Waals surface area contributed by atoms with Crippen molar-refractivity contribution in [2.24, 2.45) is 5.92 Å². The minimum Gasteiger partial charge on any atom is -0.318 e. The molecule has 2 unspecified atom stereocenters. The first-order chi connectivity index (χ1) is 9.16. The Bertz CT molecular complexity index is 568. The van der Waals surface area contributed by atoms with Crippen molar-refractivity contribution in [3.8, 4) is 5.69 Å². The van der Waals surface area contributed by atoms with Crippen LogP contribution in [0, 0.1) is 19.8 Å². The van der Waals surface area contributed by atoms with Crippen LogP contribution < -0.4 is 5.32 Å². The summed E-state index contributed by atoms with van der Waals surface area (Å²) in [5.41, 5.74) is 5.33. The molecule has 1 aliphatic rings. The van der Waals surface area contributed by atoms with Crippen LogP contribution in [0.25, 0.3) is 5.69 Å².